The summed E-state index contributed by atoms with van der Waals surface area (Å²) in [6.07, 6.45) is 2.83. The first-order valence-electron chi connectivity index (χ1n) is 8.16. The van der Waals surface area contributed by atoms with Crippen molar-refractivity contribution in [1.82, 2.24) is 10.2 Å². The smallest absolute Gasteiger partial charge is 0.0253 e. The fraction of sp³-hybridized carbons (Fsp3) is 0.667. The zero-order valence-electron chi connectivity index (χ0n) is 13.4. The van der Waals surface area contributed by atoms with Gasteiger partial charge in [-0.1, -0.05) is 54.9 Å². The van der Waals surface area contributed by atoms with Crippen molar-refractivity contribution in [1.29, 1.82) is 0 Å². The lowest BCUT2D eigenvalue weighted by atomic mass is 9.84. The number of nitrogens with one attached hydrogen (secondary N) is 1. The zero-order valence-corrected chi connectivity index (χ0v) is 15.0. The van der Waals surface area contributed by atoms with Gasteiger partial charge in [0.25, 0.3) is 0 Å². The van der Waals surface area contributed by atoms with Gasteiger partial charge in [0.15, 0.2) is 0 Å². The third kappa shape index (κ3) is 3.69. The quantitative estimate of drug-likeness (QED) is 0.884. The van der Waals surface area contributed by atoms with Gasteiger partial charge in [0.05, 0.1) is 0 Å². The third-order valence-electron chi connectivity index (χ3n) is 5.00. The molecule has 2 aliphatic rings. The number of rotatable bonds is 3. The molecule has 1 saturated heterocycles. The van der Waals surface area contributed by atoms with E-state index in [0.29, 0.717) is 11.5 Å². The van der Waals surface area contributed by atoms with Crippen molar-refractivity contribution in [2.45, 2.75) is 52.2 Å². The van der Waals surface area contributed by atoms with Gasteiger partial charge in [-0.05, 0) is 35.8 Å². The molecular formula is C18H27BrN2. The highest BCUT2D eigenvalue weighted by molar-refractivity contribution is 9.10. The van der Waals surface area contributed by atoms with Gasteiger partial charge in [0.2, 0.25) is 0 Å². The molecule has 1 aromatic rings. The molecule has 0 spiro atoms. The SMILES string of the molecule is CC(C)(C)C1CN(Cc2ccccc2Br)C(C2CC2)CN1. The van der Waals surface area contributed by atoms with Gasteiger partial charge in [-0.3, -0.25) is 4.90 Å². The van der Waals surface area contributed by atoms with E-state index in [2.05, 4.69) is 71.2 Å². The topological polar surface area (TPSA) is 15.3 Å². The maximum absolute atomic E-state index is 3.81. The molecule has 2 unspecified atom stereocenters. The molecule has 1 aromatic carbocycles. The molecule has 0 aromatic heterocycles. The Morgan fingerprint density at radius 3 is 2.57 bits per heavy atom. The fourth-order valence-electron chi connectivity index (χ4n) is 3.38. The van der Waals surface area contributed by atoms with E-state index in [1.165, 1.54) is 22.9 Å². The van der Waals surface area contributed by atoms with Crippen molar-refractivity contribution < 1.29 is 0 Å². The minimum Gasteiger partial charge on any atom is -0.311 e. The summed E-state index contributed by atoms with van der Waals surface area (Å²) < 4.78 is 1.24. The van der Waals surface area contributed by atoms with Crippen LogP contribution >= 0.6 is 15.9 Å². The Morgan fingerprint density at radius 2 is 1.95 bits per heavy atom. The van der Waals surface area contributed by atoms with Crippen LogP contribution in [0.25, 0.3) is 0 Å². The van der Waals surface area contributed by atoms with Crippen LogP contribution in [0, 0.1) is 11.3 Å². The average Bonchev–Trinajstić information content (AvgIpc) is 3.25. The summed E-state index contributed by atoms with van der Waals surface area (Å²) in [6.45, 7) is 10.4. The van der Waals surface area contributed by atoms with Crippen molar-refractivity contribution >= 4 is 15.9 Å². The van der Waals surface area contributed by atoms with Crippen molar-refractivity contribution in [3.05, 3.63) is 34.3 Å². The lowest BCUT2D eigenvalue weighted by Crippen LogP contribution is -2.60. The molecule has 1 aliphatic heterocycles. The number of hydrogen-bond donors (Lipinski definition) is 1. The Kier molecular flexibility index (Phi) is 4.45. The van der Waals surface area contributed by atoms with Crippen LogP contribution in [-0.2, 0) is 6.54 Å². The van der Waals surface area contributed by atoms with Crippen LogP contribution in [0.3, 0.4) is 0 Å². The molecule has 116 valence electrons. The molecule has 0 radical (unpaired) electrons. The summed E-state index contributed by atoms with van der Waals surface area (Å²) in [7, 11) is 0. The van der Waals surface area contributed by atoms with Crippen LogP contribution in [0.5, 0.6) is 0 Å². The van der Waals surface area contributed by atoms with Crippen molar-refractivity contribution in [3.8, 4) is 0 Å². The molecular weight excluding hydrogens is 324 g/mol. The molecule has 1 N–H and O–H groups in total. The van der Waals surface area contributed by atoms with Gasteiger partial charge < -0.3 is 5.32 Å². The second kappa shape index (κ2) is 6.02. The van der Waals surface area contributed by atoms with Gasteiger partial charge in [-0.2, -0.15) is 0 Å². The van der Waals surface area contributed by atoms with E-state index in [0.717, 1.165) is 31.6 Å². The molecule has 2 nitrogen and oxygen atoms in total. The average molecular weight is 351 g/mol. The molecule has 1 heterocycles. The maximum Gasteiger partial charge on any atom is 0.0253 e. The van der Waals surface area contributed by atoms with Crippen LogP contribution in [0.15, 0.2) is 28.7 Å². The van der Waals surface area contributed by atoms with Crippen LogP contribution in [0.2, 0.25) is 0 Å². The monoisotopic (exact) mass is 350 g/mol. The molecule has 2 fully saturated rings. The Morgan fingerprint density at radius 1 is 1.24 bits per heavy atom. The first-order chi connectivity index (χ1) is 9.95. The predicted molar refractivity (Wildman–Crippen MR) is 92.3 cm³/mol. The maximum atomic E-state index is 3.81. The molecule has 0 amide bonds. The first-order valence-corrected chi connectivity index (χ1v) is 8.95. The van der Waals surface area contributed by atoms with Crippen LogP contribution < -0.4 is 5.32 Å². The number of halogens is 1. The van der Waals surface area contributed by atoms with Crippen molar-refractivity contribution in [3.63, 3.8) is 0 Å². The summed E-state index contributed by atoms with van der Waals surface area (Å²) in [5, 5.41) is 3.81. The van der Waals surface area contributed by atoms with Crippen LogP contribution in [0.1, 0.15) is 39.2 Å². The van der Waals surface area contributed by atoms with Gasteiger partial charge >= 0.3 is 0 Å². The summed E-state index contributed by atoms with van der Waals surface area (Å²) >= 11 is 3.71. The van der Waals surface area contributed by atoms with E-state index in [9.17, 15) is 0 Å². The normalized spacial score (nSPS) is 27.8. The van der Waals surface area contributed by atoms with Crippen LogP contribution in [0.4, 0.5) is 0 Å². The van der Waals surface area contributed by atoms with E-state index in [4.69, 9.17) is 0 Å². The zero-order chi connectivity index (χ0) is 15.0. The lowest BCUT2D eigenvalue weighted by molar-refractivity contribution is 0.0687. The van der Waals surface area contributed by atoms with Gasteiger partial charge in [-0.15, -0.1) is 0 Å². The van der Waals surface area contributed by atoms with Crippen LogP contribution in [-0.4, -0.2) is 30.1 Å². The Bertz CT molecular complexity index is 490. The molecule has 1 aliphatic carbocycles. The van der Waals surface area contributed by atoms with Gasteiger partial charge in [-0.25, -0.2) is 0 Å². The highest BCUT2D eigenvalue weighted by Gasteiger charge is 2.41. The minimum absolute atomic E-state index is 0.320. The molecule has 2 atom stereocenters. The summed E-state index contributed by atoms with van der Waals surface area (Å²) in [6, 6.07) is 9.95. The Hall–Kier alpha value is -0.380. The van der Waals surface area contributed by atoms with Crippen molar-refractivity contribution in [2.75, 3.05) is 13.1 Å². The molecule has 0 bridgehead atoms. The number of hydrogen-bond acceptors (Lipinski definition) is 2. The van der Waals surface area contributed by atoms with E-state index >= 15 is 0 Å². The fourth-order valence-corrected chi connectivity index (χ4v) is 3.79. The highest BCUT2D eigenvalue weighted by atomic mass is 79.9. The third-order valence-corrected chi connectivity index (χ3v) is 5.78. The van der Waals surface area contributed by atoms with E-state index in [1.54, 1.807) is 0 Å². The van der Waals surface area contributed by atoms with E-state index < -0.39 is 0 Å². The number of piperazine rings is 1. The summed E-state index contributed by atoms with van der Waals surface area (Å²) in [5.41, 5.74) is 1.73. The van der Waals surface area contributed by atoms with E-state index in [-0.39, 0.29) is 0 Å². The van der Waals surface area contributed by atoms with Gasteiger partial charge in [0, 0.05) is 36.2 Å². The summed E-state index contributed by atoms with van der Waals surface area (Å²) in [4.78, 5) is 2.73. The molecule has 3 heteroatoms. The Labute approximate surface area is 137 Å². The predicted octanol–water partition coefficient (Wildman–Crippen LogP) is 4.05. The second-order valence-electron chi connectivity index (χ2n) is 7.75. The first kappa shape index (κ1) is 15.5. The van der Waals surface area contributed by atoms with E-state index in [1.807, 2.05) is 0 Å². The molecule has 1 saturated carbocycles. The number of benzene rings is 1. The largest absolute Gasteiger partial charge is 0.311 e. The molecule has 3 rings (SSSR count). The Balaban J connectivity index is 1.76. The lowest BCUT2D eigenvalue weighted by Gasteiger charge is -2.45. The van der Waals surface area contributed by atoms with Gasteiger partial charge in [0.1, 0.15) is 0 Å². The minimum atomic E-state index is 0.320. The summed E-state index contributed by atoms with van der Waals surface area (Å²) in [5.74, 6) is 0.918. The highest BCUT2D eigenvalue weighted by Crippen LogP contribution is 2.38. The van der Waals surface area contributed by atoms with Crippen molar-refractivity contribution in [2.24, 2.45) is 11.3 Å². The number of nitrogens with zero attached hydrogens (tertiary/aromatic N) is 1. The second-order valence-corrected chi connectivity index (χ2v) is 8.61. The standard InChI is InChI=1S/C18H27BrN2/c1-18(2,3)17-12-21(16(10-20-17)13-8-9-13)11-14-6-4-5-7-15(14)19/h4-7,13,16-17,20H,8-12H2,1-3H3. The molecule has 21 heavy (non-hydrogen) atoms.